The maximum atomic E-state index is 13.5. The highest BCUT2D eigenvalue weighted by atomic mass is 16.2. The van der Waals surface area contributed by atoms with Crippen LogP contribution in [0.4, 0.5) is 0 Å². The molecule has 2 aromatic rings. The van der Waals surface area contributed by atoms with Gasteiger partial charge in [0.15, 0.2) is 0 Å². The van der Waals surface area contributed by atoms with Gasteiger partial charge in [0.25, 0.3) is 0 Å². The maximum Gasteiger partial charge on any atom is 0.240 e. The summed E-state index contributed by atoms with van der Waals surface area (Å²) in [5.41, 5.74) is 3.26. The minimum atomic E-state index is -0.177. The quantitative estimate of drug-likeness (QED) is 0.743. The summed E-state index contributed by atoms with van der Waals surface area (Å²) in [6.07, 6.45) is 12.8. The van der Waals surface area contributed by atoms with Crippen molar-refractivity contribution < 1.29 is 4.79 Å². The Bertz CT molecular complexity index is 1030. The molecule has 1 amide bonds. The molecule has 4 saturated carbocycles. The number of rotatable bonds is 6. The molecule has 1 saturated heterocycles. The third-order valence-electron chi connectivity index (χ3n) is 8.72. The second-order valence-electron chi connectivity index (χ2n) is 11.2. The SMILES string of the molecule is N#Cc1ccc(Cn2cncc2CC2NCCN(CC34CC5CC(CC(C5)C3)C4)C2=O)cc1. The van der Waals surface area contributed by atoms with Crippen molar-refractivity contribution in [3.63, 3.8) is 0 Å². The lowest BCUT2D eigenvalue weighted by molar-refractivity contribution is -0.142. The van der Waals surface area contributed by atoms with Gasteiger partial charge in [-0.2, -0.15) is 5.26 Å². The summed E-state index contributed by atoms with van der Waals surface area (Å²) in [5, 5.41) is 12.5. The summed E-state index contributed by atoms with van der Waals surface area (Å²) in [6, 6.07) is 9.65. The van der Waals surface area contributed by atoms with Crippen molar-refractivity contribution >= 4 is 5.91 Å². The van der Waals surface area contributed by atoms with Gasteiger partial charge in [-0.05, 0) is 79.4 Å². The Morgan fingerprint density at radius 3 is 2.45 bits per heavy atom. The zero-order valence-electron chi connectivity index (χ0n) is 19.2. The number of amides is 1. The van der Waals surface area contributed by atoms with E-state index < -0.39 is 0 Å². The van der Waals surface area contributed by atoms with E-state index in [1.165, 1.54) is 38.5 Å². The first-order valence-electron chi connectivity index (χ1n) is 12.6. The summed E-state index contributed by atoms with van der Waals surface area (Å²) in [6.45, 7) is 3.37. The van der Waals surface area contributed by atoms with Gasteiger partial charge >= 0.3 is 0 Å². The Morgan fingerprint density at radius 1 is 1.09 bits per heavy atom. The summed E-state index contributed by atoms with van der Waals surface area (Å²) in [5.74, 6) is 3.02. The first-order chi connectivity index (χ1) is 16.1. The first-order valence-corrected chi connectivity index (χ1v) is 12.6. The summed E-state index contributed by atoms with van der Waals surface area (Å²) in [7, 11) is 0. The number of hydrogen-bond donors (Lipinski definition) is 1. The molecular formula is C27H33N5O. The Balaban J connectivity index is 1.13. The minimum Gasteiger partial charge on any atom is -0.340 e. The molecule has 4 aliphatic carbocycles. The molecule has 1 unspecified atom stereocenters. The molecule has 2 heterocycles. The van der Waals surface area contributed by atoms with Crippen molar-refractivity contribution in [2.45, 2.75) is 57.5 Å². The number of piperazine rings is 1. The number of nitriles is 1. The Hall–Kier alpha value is -2.65. The molecule has 1 N–H and O–H groups in total. The van der Waals surface area contributed by atoms with Crippen LogP contribution < -0.4 is 5.32 Å². The smallest absolute Gasteiger partial charge is 0.240 e. The average Bonchev–Trinajstić information content (AvgIpc) is 3.22. The maximum absolute atomic E-state index is 13.5. The fourth-order valence-corrected chi connectivity index (χ4v) is 7.75. The van der Waals surface area contributed by atoms with Crippen LogP contribution in [0.25, 0.3) is 0 Å². The van der Waals surface area contributed by atoms with Gasteiger partial charge in [0.2, 0.25) is 5.91 Å². The Labute approximate surface area is 196 Å². The van der Waals surface area contributed by atoms with Crippen LogP contribution in [-0.2, 0) is 17.8 Å². The van der Waals surface area contributed by atoms with Crippen molar-refractivity contribution in [2.75, 3.05) is 19.6 Å². The number of benzene rings is 1. The predicted octanol–water partition coefficient (Wildman–Crippen LogP) is 3.36. The lowest BCUT2D eigenvalue weighted by Gasteiger charge is -2.58. The van der Waals surface area contributed by atoms with Crippen LogP contribution in [0.1, 0.15) is 55.3 Å². The van der Waals surface area contributed by atoms with Crippen molar-refractivity contribution in [1.29, 1.82) is 5.26 Å². The normalized spacial score (nSPS) is 32.8. The van der Waals surface area contributed by atoms with Crippen molar-refractivity contribution in [1.82, 2.24) is 19.8 Å². The highest BCUT2D eigenvalue weighted by molar-refractivity contribution is 5.83. The Kier molecular flexibility index (Phi) is 5.25. The van der Waals surface area contributed by atoms with Crippen LogP contribution >= 0.6 is 0 Å². The molecule has 1 aliphatic heterocycles. The van der Waals surface area contributed by atoms with Gasteiger partial charge < -0.3 is 14.8 Å². The lowest BCUT2D eigenvalue weighted by atomic mass is 9.49. The van der Waals surface area contributed by atoms with Crippen LogP contribution in [0.3, 0.4) is 0 Å². The molecule has 1 aromatic carbocycles. The van der Waals surface area contributed by atoms with Gasteiger partial charge in [-0.3, -0.25) is 4.79 Å². The minimum absolute atomic E-state index is 0.177. The molecule has 1 aromatic heterocycles. The second kappa shape index (κ2) is 8.29. The molecule has 172 valence electrons. The first kappa shape index (κ1) is 20.9. The van der Waals surface area contributed by atoms with Crippen LogP contribution in [0.5, 0.6) is 0 Å². The van der Waals surface area contributed by atoms with Gasteiger partial charge in [-0.15, -0.1) is 0 Å². The highest BCUT2D eigenvalue weighted by Crippen LogP contribution is 2.60. The largest absolute Gasteiger partial charge is 0.340 e. The van der Waals surface area contributed by atoms with Gasteiger partial charge in [-0.1, -0.05) is 12.1 Å². The van der Waals surface area contributed by atoms with E-state index in [-0.39, 0.29) is 11.9 Å². The molecule has 33 heavy (non-hydrogen) atoms. The van der Waals surface area contributed by atoms with Crippen LogP contribution in [0, 0.1) is 34.5 Å². The lowest BCUT2D eigenvalue weighted by Crippen LogP contribution is -2.60. The third-order valence-corrected chi connectivity index (χ3v) is 8.72. The number of imidazole rings is 1. The topological polar surface area (TPSA) is 74.0 Å². The zero-order valence-corrected chi connectivity index (χ0v) is 19.2. The molecular weight excluding hydrogens is 410 g/mol. The number of carbonyl (C=O) groups is 1. The van der Waals surface area contributed by atoms with Crippen molar-refractivity contribution in [3.05, 3.63) is 53.6 Å². The second-order valence-corrected chi connectivity index (χ2v) is 11.2. The van der Waals surface area contributed by atoms with Crippen LogP contribution in [0.15, 0.2) is 36.8 Å². The predicted molar refractivity (Wildman–Crippen MR) is 125 cm³/mol. The van der Waals surface area contributed by atoms with Crippen LogP contribution in [0.2, 0.25) is 0 Å². The van der Waals surface area contributed by atoms with Gasteiger partial charge in [0.1, 0.15) is 0 Å². The van der Waals surface area contributed by atoms with Crippen LogP contribution in [-0.4, -0.2) is 46.0 Å². The van der Waals surface area contributed by atoms with E-state index in [9.17, 15) is 4.79 Å². The third kappa shape index (κ3) is 4.08. The molecule has 0 spiro atoms. The van der Waals surface area contributed by atoms with E-state index >= 15 is 0 Å². The van der Waals surface area contributed by atoms with E-state index in [1.807, 2.05) is 36.8 Å². The molecule has 0 radical (unpaired) electrons. The van der Waals surface area contributed by atoms with Gasteiger partial charge in [0.05, 0.1) is 24.0 Å². The Morgan fingerprint density at radius 2 is 1.79 bits per heavy atom. The van der Waals surface area contributed by atoms with Gasteiger partial charge in [-0.25, -0.2) is 4.98 Å². The number of carbonyl (C=O) groups excluding carboxylic acids is 1. The van der Waals surface area contributed by atoms with Crippen molar-refractivity contribution in [2.24, 2.45) is 23.2 Å². The number of aromatic nitrogens is 2. The fourth-order valence-electron chi connectivity index (χ4n) is 7.75. The summed E-state index contributed by atoms with van der Waals surface area (Å²) >= 11 is 0. The summed E-state index contributed by atoms with van der Waals surface area (Å²) in [4.78, 5) is 20.1. The van der Waals surface area contributed by atoms with E-state index in [1.54, 1.807) is 0 Å². The zero-order chi connectivity index (χ0) is 22.4. The monoisotopic (exact) mass is 443 g/mol. The van der Waals surface area contributed by atoms with Crippen molar-refractivity contribution in [3.8, 4) is 6.07 Å². The summed E-state index contributed by atoms with van der Waals surface area (Å²) < 4.78 is 2.12. The molecule has 6 heteroatoms. The number of nitrogens with one attached hydrogen (secondary N) is 1. The number of hydrogen-bond acceptors (Lipinski definition) is 4. The highest BCUT2D eigenvalue weighted by Gasteiger charge is 2.52. The van der Waals surface area contributed by atoms with Gasteiger partial charge in [0, 0.05) is 44.5 Å². The fraction of sp³-hybridized carbons (Fsp3) is 0.593. The van der Waals surface area contributed by atoms with E-state index in [2.05, 4.69) is 25.8 Å². The standard InChI is InChI=1S/C27H33N5O/c28-14-19-1-3-20(4-2-19)16-32-18-29-15-24(32)10-25-26(33)31(6-5-30-25)17-27-11-21-7-22(12-27)9-23(8-21)13-27/h1-4,15,18,21-23,25,30H,5-13,16-17H2. The molecule has 7 rings (SSSR count). The molecule has 5 fully saturated rings. The van der Waals surface area contributed by atoms with E-state index in [0.717, 1.165) is 48.6 Å². The molecule has 4 bridgehead atoms. The average molecular weight is 444 g/mol. The number of nitrogens with zero attached hydrogens (tertiary/aromatic N) is 4. The molecule has 1 atom stereocenters. The molecule has 5 aliphatic rings. The van der Waals surface area contributed by atoms with E-state index in [0.29, 0.717) is 23.9 Å². The molecule has 6 nitrogen and oxygen atoms in total. The van der Waals surface area contributed by atoms with E-state index in [4.69, 9.17) is 5.26 Å².